The summed E-state index contributed by atoms with van der Waals surface area (Å²) in [7, 11) is 0. The lowest BCUT2D eigenvalue weighted by Crippen LogP contribution is -2.41. The van der Waals surface area contributed by atoms with Gasteiger partial charge in [-0.1, -0.05) is 24.3 Å². The van der Waals surface area contributed by atoms with Crippen LogP contribution < -0.4 is 10.6 Å². The number of nitrogens with zero attached hydrogens (tertiary/aromatic N) is 4. The van der Waals surface area contributed by atoms with E-state index < -0.39 is 6.10 Å². The van der Waals surface area contributed by atoms with Crippen molar-refractivity contribution in [3.8, 4) is 0 Å². The Labute approximate surface area is 200 Å². The number of aliphatic hydroxyl groups excluding tert-OH is 1. The molecule has 1 unspecified atom stereocenters. The average molecular weight is 467 g/mol. The van der Waals surface area contributed by atoms with E-state index in [1.807, 2.05) is 4.90 Å². The topological polar surface area (TPSA) is 111 Å². The third kappa shape index (κ3) is 6.51. The van der Waals surface area contributed by atoms with Crippen LogP contribution in [0.15, 0.2) is 36.7 Å². The molecule has 2 aromatic rings. The Morgan fingerprint density at radius 2 is 1.91 bits per heavy atom. The smallest absolute Gasteiger partial charge is 0.270 e. The molecule has 34 heavy (non-hydrogen) atoms. The van der Waals surface area contributed by atoms with Gasteiger partial charge in [0.05, 0.1) is 6.10 Å². The van der Waals surface area contributed by atoms with Crippen LogP contribution in [-0.2, 0) is 17.8 Å². The summed E-state index contributed by atoms with van der Waals surface area (Å²) in [5, 5.41) is 16.7. The summed E-state index contributed by atoms with van der Waals surface area (Å²) in [5.41, 5.74) is 2.95. The molecule has 182 valence electrons. The van der Waals surface area contributed by atoms with Crippen LogP contribution in [-0.4, -0.2) is 81.6 Å². The van der Waals surface area contributed by atoms with Gasteiger partial charge in [-0.25, -0.2) is 9.97 Å². The highest BCUT2D eigenvalue weighted by Gasteiger charge is 2.22. The normalized spacial score (nSPS) is 18.0. The van der Waals surface area contributed by atoms with Gasteiger partial charge in [-0.3, -0.25) is 14.5 Å². The number of fused-ring (bicyclic) bond motifs is 1. The number of rotatable bonds is 7. The number of aryl methyl sites for hydroxylation is 1. The summed E-state index contributed by atoms with van der Waals surface area (Å²) >= 11 is 0. The monoisotopic (exact) mass is 466 g/mol. The maximum absolute atomic E-state index is 12.6. The molecule has 2 aliphatic heterocycles. The number of piperidine rings is 1. The lowest BCUT2D eigenvalue weighted by atomic mass is 10.0. The molecule has 0 aliphatic carbocycles. The number of carbonyl (C=O) groups is 2. The van der Waals surface area contributed by atoms with Crippen LogP contribution in [0.25, 0.3) is 0 Å². The minimum absolute atomic E-state index is 0.0993. The van der Waals surface area contributed by atoms with Gasteiger partial charge in [-0.2, -0.15) is 0 Å². The van der Waals surface area contributed by atoms with Crippen molar-refractivity contribution >= 4 is 17.6 Å². The van der Waals surface area contributed by atoms with Crippen molar-refractivity contribution in [1.82, 2.24) is 25.1 Å². The van der Waals surface area contributed by atoms with Crippen molar-refractivity contribution in [3.05, 3.63) is 53.5 Å². The molecule has 2 aliphatic rings. The number of aromatic nitrogens is 2. The Kier molecular flexibility index (Phi) is 8.08. The molecule has 9 heteroatoms. The molecular weight excluding hydrogens is 432 g/mol. The Morgan fingerprint density at radius 1 is 1.15 bits per heavy atom. The number of nitrogens with one attached hydrogen (secondary N) is 2. The summed E-state index contributed by atoms with van der Waals surface area (Å²) in [4.78, 5) is 36.5. The summed E-state index contributed by atoms with van der Waals surface area (Å²) in [6.45, 7) is 5.42. The number of likely N-dealkylation sites (tertiary alicyclic amines) is 1. The molecule has 0 spiro atoms. The quantitative estimate of drug-likeness (QED) is 0.566. The van der Waals surface area contributed by atoms with Crippen molar-refractivity contribution in [2.24, 2.45) is 0 Å². The van der Waals surface area contributed by atoms with Gasteiger partial charge in [0, 0.05) is 51.8 Å². The molecule has 1 aromatic carbocycles. The molecule has 1 saturated heterocycles. The fourth-order valence-electron chi connectivity index (χ4n) is 4.70. The van der Waals surface area contributed by atoms with Crippen molar-refractivity contribution in [2.45, 2.75) is 51.3 Å². The van der Waals surface area contributed by atoms with E-state index in [4.69, 9.17) is 0 Å². The third-order valence-corrected chi connectivity index (χ3v) is 6.59. The summed E-state index contributed by atoms with van der Waals surface area (Å²) in [5.74, 6) is 0.351. The van der Waals surface area contributed by atoms with E-state index in [1.54, 1.807) is 13.0 Å². The maximum Gasteiger partial charge on any atom is 0.270 e. The number of carbonyl (C=O) groups excluding carboxylic acids is 2. The number of amides is 2. The van der Waals surface area contributed by atoms with E-state index in [-0.39, 0.29) is 30.1 Å². The molecule has 2 amide bonds. The predicted octanol–water partition coefficient (Wildman–Crippen LogP) is 1.44. The van der Waals surface area contributed by atoms with Crippen molar-refractivity contribution < 1.29 is 14.7 Å². The van der Waals surface area contributed by atoms with Gasteiger partial charge in [-0.15, -0.1) is 0 Å². The highest BCUT2D eigenvalue weighted by molar-refractivity contribution is 5.92. The number of β-amino-alcohol motifs (C(OH)–C–C–N with tert-alkyl or cyclic N) is 1. The zero-order valence-electron chi connectivity index (χ0n) is 19.7. The zero-order chi connectivity index (χ0) is 23.9. The Bertz CT molecular complexity index is 992. The Hall–Kier alpha value is -3.04. The van der Waals surface area contributed by atoms with E-state index in [1.165, 1.54) is 17.5 Å². The molecule has 0 bridgehead atoms. The van der Waals surface area contributed by atoms with Gasteiger partial charge in [0.1, 0.15) is 17.8 Å². The highest BCUT2D eigenvalue weighted by Crippen LogP contribution is 2.19. The molecule has 3 heterocycles. The van der Waals surface area contributed by atoms with Crippen molar-refractivity contribution in [2.75, 3.05) is 38.0 Å². The molecule has 1 fully saturated rings. The maximum atomic E-state index is 12.6. The first-order chi connectivity index (χ1) is 16.5. The number of hydrogen-bond acceptors (Lipinski definition) is 7. The summed E-state index contributed by atoms with van der Waals surface area (Å²) < 4.78 is 0. The van der Waals surface area contributed by atoms with Crippen LogP contribution in [0, 0.1) is 0 Å². The molecule has 3 N–H and O–H groups in total. The van der Waals surface area contributed by atoms with Gasteiger partial charge in [-0.05, 0) is 43.4 Å². The first-order valence-corrected chi connectivity index (χ1v) is 12.1. The van der Waals surface area contributed by atoms with Gasteiger partial charge < -0.3 is 20.6 Å². The molecule has 0 radical (unpaired) electrons. The van der Waals surface area contributed by atoms with E-state index >= 15 is 0 Å². The van der Waals surface area contributed by atoms with Gasteiger partial charge in [0.15, 0.2) is 0 Å². The van der Waals surface area contributed by atoms with Crippen LogP contribution in [0.5, 0.6) is 0 Å². The van der Waals surface area contributed by atoms with E-state index in [0.717, 1.165) is 38.8 Å². The van der Waals surface area contributed by atoms with Crippen LogP contribution in [0.4, 0.5) is 5.82 Å². The van der Waals surface area contributed by atoms with Crippen LogP contribution >= 0.6 is 0 Å². The van der Waals surface area contributed by atoms with E-state index in [0.29, 0.717) is 25.5 Å². The van der Waals surface area contributed by atoms with Crippen molar-refractivity contribution in [1.29, 1.82) is 0 Å². The molecular formula is C25H34N6O3. The van der Waals surface area contributed by atoms with Gasteiger partial charge >= 0.3 is 0 Å². The molecule has 1 atom stereocenters. The first kappa shape index (κ1) is 24.1. The summed E-state index contributed by atoms with van der Waals surface area (Å²) in [6, 6.07) is 10.3. The average Bonchev–Trinajstić information content (AvgIpc) is 3.04. The third-order valence-electron chi connectivity index (χ3n) is 6.59. The van der Waals surface area contributed by atoms with Crippen LogP contribution in [0.1, 0.15) is 47.8 Å². The molecule has 9 nitrogen and oxygen atoms in total. The molecule has 1 aromatic heterocycles. The SMILES string of the molecule is CC(=O)N1CCC(Nc2cc(C(=O)NCC(O)CN3CCCc4ccccc4C3)ncn2)CC1. The van der Waals surface area contributed by atoms with E-state index in [2.05, 4.69) is 49.8 Å². The highest BCUT2D eigenvalue weighted by atomic mass is 16.3. The van der Waals surface area contributed by atoms with Gasteiger partial charge in [0.2, 0.25) is 5.91 Å². The predicted molar refractivity (Wildman–Crippen MR) is 129 cm³/mol. The van der Waals surface area contributed by atoms with E-state index in [9.17, 15) is 14.7 Å². The molecule has 0 saturated carbocycles. The number of benzene rings is 1. The van der Waals surface area contributed by atoms with Crippen LogP contribution in [0.2, 0.25) is 0 Å². The minimum Gasteiger partial charge on any atom is -0.390 e. The first-order valence-electron chi connectivity index (χ1n) is 12.1. The number of anilines is 1. The number of hydrogen-bond donors (Lipinski definition) is 3. The zero-order valence-corrected chi connectivity index (χ0v) is 19.7. The number of aliphatic hydroxyl groups is 1. The lowest BCUT2D eigenvalue weighted by Gasteiger charge is -2.31. The fraction of sp³-hybridized carbons (Fsp3) is 0.520. The molecule has 4 rings (SSSR count). The largest absolute Gasteiger partial charge is 0.390 e. The van der Waals surface area contributed by atoms with Crippen molar-refractivity contribution in [3.63, 3.8) is 0 Å². The standard InChI is InChI=1S/C25H34N6O3/c1-18(32)31-11-8-21(9-12-31)29-24-13-23(27-17-28-24)25(34)26-14-22(33)16-30-10-4-7-19-5-2-3-6-20(19)15-30/h2-3,5-6,13,17,21-22,33H,4,7-12,14-16H2,1H3,(H,26,34)(H,27,28,29). The lowest BCUT2D eigenvalue weighted by molar-refractivity contribution is -0.129. The van der Waals surface area contributed by atoms with Gasteiger partial charge in [0.25, 0.3) is 5.91 Å². The fourth-order valence-corrected chi connectivity index (χ4v) is 4.70. The minimum atomic E-state index is -0.667. The summed E-state index contributed by atoms with van der Waals surface area (Å²) in [6.07, 6.45) is 4.48. The second-order valence-corrected chi connectivity index (χ2v) is 9.18. The Morgan fingerprint density at radius 3 is 2.68 bits per heavy atom. The van der Waals surface area contributed by atoms with Crippen LogP contribution in [0.3, 0.4) is 0 Å². The second-order valence-electron chi connectivity index (χ2n) is 9.18. The Balaban J connectivity index is 1.24. The second kappa shape index (κ2) is 11.4.